The lowest BCUT2D eigenvalue weighted by atomic mass is 9.98. The van der Waals surface area contributed by atoms with Crippen molar-refractivity contribution in [2.24, 2.45) is 5.92 Å². The summed E-state index contributed by atoms with van der Waals surface area (Å²) in [4.78, 5) is 17.4. The van der Waals surface area contributed by atoms with Crippen LogP contribution in [0.1, 0.15) is 23.3 Å². The number of likely N-dealkylation sites (tertiary alicyclic amines) is 1. The number of piperidine rings is 1. The van der Waals surface area contributed by atoms with Gasteiger partial charge in [0.05, 0.1) is 6.26 Å². The van der Waals surface area contributed by atoms with E-state index in [0.29, 0.717) is 19.6 Å². The second-order valence-electron chi connectivity index (χ2n) is 5.23. The quantitative estimate of drug-likeness (QED) is 0.826. The molecular formula is C13H18FN3O3S. The fourth-order valence-electron chi connectivity index (χ4n) is 2.37. The van der Waals surface area contributed by atoms with Crippen molar-refractivity contribution < 1.29 is 17.6 Å². The highest BCUT2D eigenvalue weighted by molar-refractivity contribution is 7.88. The van der Waals surface area contributed by atoms with Gasteiger partial charge in [-0.25, -0.2) is 18.1 Å². The molecule has 0 aromatic carbocycles. The molecule has 2 heterocycles. The molecule has 1 saturated heterocycles. The summed E-state index contributed by atoms with van der Waals surface area (Å²) >= 11 is 0. The number of nitrogens with one attached hydrogen (secondary N) is 1. The van der Waals surface area contributed by atoms with Crippen molar-refractivity contribution in [1.29, 1.82) is 0 Å². The van der Waals surface area contributed by atoms with Crippen molar-refractivity contribution in [2.45, 2.75) is 12.8 Å². The van der Waals surface area contributed by atoms with Crippen molar-refractivity contribution in [3.63, 3.8) is 0 Å². The fourth-order valence-corrected chi connectivity index (χ4v) is 2.91. The molecule has 1 amide bonds. The van der Waals surface area contributed by atoms with Crippen LogP contribution in [0.15, 0.2) is 18.2 Å². The first-order valence-corrected chi connectivity index (χ1v) is 8.61. The van der Waals surface area contributed by atoms with Gasteiger partial charge in [-0.3, -0.25) is 4.79 Å². The molecule has 0 spiro atoms. The molecular weight excluding hydrogens is 297 g/mol. The molecule has 1 aromatic rings. The number of halogens is 1. The average molecular weight is 315 g/mol. The van der Waals surface area contributed by atoms with Crippen molar-refractivity contribution in [3.05, 3.63) is 29.8 Å². The molecule has 2 rings (SSSR count). The van der Waals surface area contributed by atoms with Crippen molar-refractivity contribution in [2.75, 3.05) is 25.9 Å². The highest BCUT2D eigenvalue weighted by Gasteiger charge is 2.25. The van der Waals surface area contributed by atoms with Crippen LogP contribution >= 0.6 is 0 Å². The lowest BCUT2D eigenvalue weighted by molar-refractivity contribution is 0.0669. The van der Waals surface area contributed by atoms with Gasteiger partial charge in [-0.1, -0.05) is 6.07 Å². The number of nitrogens with zero attached hydrogens (tertiary/aromatic N) is 2. The summed E-state index contributed by atoms with van der Waals surface area (Å²) in [5, 5.41) is 0. The summed E-state index contributed by atoms with van der Waals surface area (Å²) in [7, 11) is -3.23. The third-order valence-electron chi connectivity index (χ3n) is 3.37. The molecule has 0 radical (unpaired) electrons. The lowest BCUT2D eigenvalue weighted by Gasteiger charge is -2.32. The SMILES string of the molecule is CS(=O)(=O)NCC1CCCN(C(=O)c2cccc(F)n2)C1. The zero-order chi connectivity index (χ0) is 15.5. The Labute approximate surface area is 123 Å². The van der Waals surface area contributed by atoms with Gasteiger partial charge in [0.25, 0.3) is 5.91 Å². The zero-order valence-electron chi connectivity index (χ0n) is 11.8. The van der Waals surface area contributed by atoms with Crippen LogP contribution in [0.3, 0.4) is 0 Å². The Morgan fingerprint density at radius 3 is 2.95 bits per heavy atom. The summed E-state index contributed by atoms with van der Waals surface area (Å²) in [6.45, 7) is 1.32. The summed E-state index contributed by atoms with van der Waals surface area (Å²) in [6.07, 6.45) is 2.75. The van der Waals surface area contributed by atoms with E-state index in [1.165, 1.54) is 18.2 Å². The number of carbonyl (C=O) groups excluding carboxylic acids is 1. The molecule has 6 nitrogen and oxygen atoms in total. The van der Waals surface area contributed by atoms with E-state index in [1.807, 2.05) is 0 Å². The minimum Gasteiger partial charge on any atom is -0.337 e. The average Bonchev–Trinajstić information content (AvgIpc) is 2.44. The highest BCUT2D eigenvalue weighted by Crippen LogP contribution is 2.18. The third kappa shape index (κ3) is 4.75. The van der Waals surface area contributed by atoms with Gasteiger partial charge in [0.15, 0.2) is 0 Å². The first kappa shape index (κ1) is 15.8. The van der Waals surface area contributed by atoms with Crippen LogP contribution in [0.4, 0.5) is 4.39 Å². The number of pyridine rings is 1. The molecule has 0 saturated carbocycles. The zero-order valence-corrected chi connectivity index (χ0v) is 12.6. The summed E-state index contributed by atoms with van der Waals surface area (Å²) in [6, 6.07) is 4.11. The number of carbonyl (C=O) groups is 1. The predicted molar refractivity (Wildman–Crippen MR) is 75.7 cm³/mol. The molecule has 1 aliphatic heterocycles. The van der Waals surface area contributed by atoms with Crippen LogP contribution in [0.2, 0.25) is 0 Å². The molecule has 0 aliphatic carbocycles. The van der Waals surface area contributed by atoms with Gasteiger partial charge >= 0.3 is 0 Å². The predicted octanol–water partition coefficient (Wildman–Crippen LogP) is 0.622. The maximum atomic E-state index is 13.1. The monoisotopic (exact) mass is 315 g/mol. The molecule has 116 valence electrons. The molecule has 0 bridgehead atoms. The van der Waals surface area contributed by atoms with Crippen LogP contribution in [0.5, 0.6) is 0 Å². The summed E-state index contributed by atoms with van der Waals surface area (Å²) in [5.41, 5.74) is 0.0757. The molecule has 8 heteroatoms. The number of hydrogen-bond donors (Lipinski definition) is 1. The van der Waals surface area contributed by atoms with Gasteiger partial charge in [-0.2, -0.15) is 4.39 Å². The number of sulfonamides is 1. The van der Waals surface area contributed by atoms with E-state index in [9.17, 15) is 17.6 Å². The summed E-state index contributed by atoms with van der Waals surface area (Å²) in [5.74, 6) is -0.947. The number of rotatable bonds is 4. The van der Waals surface area contributed by atoms with Crippen molar-refractivity contribution in [1.82, 2.24) is 14.6 Å². The Hall–Kier alpha value is -1.54. The smallest absolute Gasteiger partial charge is 0.272 e. The largest absolute Gasteiger partial charge is 0.337 e. The number of hydrogen-bond acceptors (Lipinski definition) is 4. The van der Waals surface area contributed by atoms with E-state index in [0.717, 1.165) is 19.1 Å². The first-order chi connectivity index (χ1) is 9.85. The lowest BCUT2D eigenvalue weighted by Crippen LogP contribution is -2.43. The van der Waals surface area contributed by atoms with E-state index < -0.39 is 16.0 Å². The van der Waals surface area contributed by atoms with Gasteiger partial charge in [0.1, 0.15) is 5.69 Å². The van der Waals surface area contributed by atoms with E-state index in [1.54, 1.807) is 4.90 Å². The number of amides is 1. The molecule has 1 fully saturated rings. The third-order valence-corrected chi connectivity index (χ3v) is 4.07. The number of aromatic nitrogens is 1. The van der Waals surface area contributed by atoms with Crippen LogP contribution in [-0.4, -0.2) is 50.1 Å². The molecule has 1 N–H and O–H groups in total. The molecule has 1 aromatic heterocycles. The second kappa shape index (κ2) is 6.48. The van der Waals surface area contributed by atoms with E-state index in [4.69, 9.17) is 0 Å². The highest BCUT2D eigenvalue weighted by atomic mass is 32.2. The topological polar surface area (TPSA) is 79.4 Å². The van der Waals surface area contributed by atoms with Crippen LogP contribution in [0, 0.1) is 11.9 Å². The van der Waals surface area contributed by atoms with Crippen LogP contribution in [0.25, 0.3) is 0 Å². The molecule has 1 unspecified atom stereocenters. The Kier molecular flexibility index (Phi) is 4.89. The van der Waals surface area contributed by atoms with Crippen LogP contribution < -0.4 is 4.72 Å². The normalized spacial score (nSPS) is 19.5. The Balaban J connectivity index is 1.99. The molecule has 21 heavy (non-hydrogen) atoms. The molecule has 1 atom stereocenters. The Bertz CT molecular complexity index is 621. The molecule has 1 aliphatic rings. The minimum absolute atomic E-state index is 0.0611. The second-order valence-corrected chi connectivity index (χ2v) is 7.06. The van der Waals surface area contributed by atoms with Gasteiger partial charge in [-0.05, 0) is 30.9 Å². The van der Waals surface area contributed by atoms with Crippen molar-refractivity contribution >= 4 is 15.9 Å². The Morgan fingerprint density at radius 2 is 2.29 bits per heavy atom. The fraction of sp³-hybridized carbons (Fsp3) is 0.538. The standard InChI is InChI=1S/C13H18FN3O3S/c1-21(19,20)15-8-10-4-3-7-17(9-10)13(18)11-5-2-6-12(14)16-11/h2,5-6,10,15H,3-4,7-9H2,1H3. The van der Waals surface area contributed by atoms with Gasteiger partial charge in [0.2, 0.25) is 16.0 Å². The van der Waals surface area contributed by atoms with Crippen LogP contribution in [-0.2, 0) is 10.0 Å². The van der Waals surface area contributed by atoms with Gasteiger partial charge in [0, 0.05) is 19.6 Å². The first-order valence-electron chi connectivity index (χ1n) is 6.71. The van der Waals surface area contributed by atoms with Crippen molar-refractivity contribution in [3.8, 4) is 0 Å². The van der Waals surface area contributed by atoms with E-state index in [2.05, 4.69) is 9.71 Å². The summed E-state index contributed by atoms with van der Waals surface area (Å²) < 4.78 is 37.7. The van der Waals surface area contributed by atoms with E-state index >= 15 is 0 Å². The minimum atomic E-state index is -3.23. The van der Waals surface area contributed by atoms with Gasteiger partial charge < -0.3 is 4.90 Å². The maximum absolute atomic E-state index is 13.1. The van der Waals surface area contributed by atoms with E-state index in [-0.39, 0.29) is 17.5 Å². The Morgan fingerprint density at radius 1 is 1.52 bits per heavy atom. The van der Waals surface area contributed by atoms with Gasteiger partial charge in [-0.15, -0.1) is 0 Å². The maximum Gasteiger partial charge on any atom is 0.272 e.